The molecule has 25 heteroatoms. The molecule has 5 heterocycles. The molecule has 0 spiro atoms. The third-order valence-electron chi connectivity index (χ3n) is 35.6. The van der Waals surface area contributed by atoms with E-state index in [4.69, 9.17) is 48.4 Å². The average molecular weight is 1940 g/mol. The largest absolute Gasteiger partial charge is 2.00 e. The van der Waals surface area contributed by atoms with Crippen molar-refractivity contribution in [1.29, 1.82) is 0 Å². The minimum Gasteiger partial charge on any atom is -0.657 e. The summed E-state index contributed by atoms with van der Waals surface area (Å²) in [6, 6.07) is 37.7. The van der Waals surface area contributed by atoms with E-state index in [-0.39, 0.29) is 141 Å². The van der Waals surface area contributed by atoms with Gasteiger partial charge in [0.1, 0.15) is 37.6 Å². The maximum atomic E-state index is 15.1. The van der Waals surface area contributed by atoms with E-state index in [2.05, 4.69) is 81.4 Å². The summed E-state index contributed by atoms with van der Waals surface area (Å²) in [6.07, 6.45) is -5.71. The van der Waals surface area contributed by atoms with E-state index in [1.807, 2.05) is 125 Å². The van der Waals surface area contributed by atoms with Gasteiger partial charge in [-0.3, -0.25) is 9.59 Å². The van der Waals surface area contributed by atoms with Gasteiger partial charge >= 0.3 is 67.6 Å². The van der Waals surface area contributed by atoms with Gasteiger partial charge in [-0.05, 0) is 318 Å². The molecule has 137 heavy (non-hydrogen) atoms. The summed E-state index contributed by atoms with van der Waals surface area (Å²) in [6.45, 7) is 29.2. The fourth-order valence-corrected chi connectivity index (χ4v) is 28.6. The summed E-state index contributed by atoms with van der Waals surface area (Å²) in [4.78, 5) is 105. The van der Waals surface area contributed by atoms with Crippen molar-refractivity contribution in [2.75, 3.05) is 0 Å². The molecule has 3 aromatic heterocycles. The Hall–Kier alpha value is -9.58. The van der Waals surface area contributed by atoms with E-state index in [0.29, 0.717) is 183 Å². The molecule has 0 amide bonds. The summed E-state index contributed by atoms with van der Waals surface area (Å²) in [5.41, 5.74) is 15.4. The molecule has 17 rings (SSSR count). The molecule has 10 aliphatic rings. The maximum Gasteiger partial charge on any atom is 2.00 e. The number of carbonyl (C=O) groups excluding carboxylic acids is 6. The van der Waals surface area contributed by atoms with E-state index in [0.717, 1.165) is 66.8 Å². The molecule has 18 nitrogen and oxygen atoms in total. The summed E-state index contributed by atoms with van der Waals surface area (Å²) >= 11 is 0. The Kier molecular flexibility index (Phi) is 28.9. The Bertz CT molecular complexity index is 5660. The third-order valence-corrected chi connectivity index (χ3v) is 35.6. The Morgan fingerprint density at radius 1 is 0.467 bits per heavy atom. The summed E-state index contributed by atoms with van der Waals surface area (Å²) in [7, 11) is 0. The molecular weight excluding hydrogens is 1800 g/mol. The van der Waals surface area contributed by atoms with Crippen LogP contribution in [0.2, 0.25) is 0 Å². The number of fused-ring (bicyclic) bond motifs is 18. The smallest absolute Gasteiger partial charge is 0.657 e. The molecule has 0 saturated heterocycles. The van der Waals surface area contributed by atoms with Crippen LogP contribution in [0.4, 0.5) is 26.3 Å². The zero-order valence-electron chi connectivity index (χ0n) is 81.5. The molecule has 8 aliphatic carbocycles. The van der Waals surface area contributed by atoms with Gasteiger partial charge in [0, 0.05) is 23.7 Å². The number of benzene rings is 4. The second-order valence-corrected chi connectivity index (χ2v) is 42.3. The molecule has 8 fully saturated rings. The van der Waals surface area contributed by atoms with Crippen molar-refractivity contribution in [3.05, 3.63) is 189 Å². The predicted molar refractivity (Wildman–Crippen MR) is 507 cm³/mol. The SMILES string of the molecule is CCC1=C(C)c2nc1cc1[n-]c(c(C)c1CC)c(-c1cccc(C(=O)O[C@@H]3CC[C@@]4(C)[C@@H](C3)C[C@@H](O)[C@@H]3[C@@H]4C[C@H](OC(=O)C(F)(F)F)[C@]4(C)[C@@H]([C@H](C)CCC(=O)OCc5ccccc5)CC[C@@H]34)c1)c1nc(cc3[n-]c(c(C)c3CC)c2-c2cccc(C(=O)O[C@@H]3CC[C@@]4(C)[C@@H](C3)C[C@@H](O)[C@@H]3[C@@H]4C[C@H](OC(=O)C(F)(F)F)[C@]4(C)[C@@H]([C@H](C)CCC(=O)OCc5ccccc5)CC[C@@H]34)c2)C(CC)=C1C.[Zn+2]. The first-order valence-corrected chi connectivity index (χ1v) is 49.8. The second-order valence-electron chi connectivity index (χ2n) is 42.3. The maximum absolute atomic E-state index is 15.1. The molecule has 7 aromatic rings. The first-order valence-electron chi connectivity index (χ1n) is 49.8. The minimum atomic E-state index is -5.24. The minimum absolute atomic E-state index is 0. The van der Waals surface area contributed by atoms with Crippen LogP contribution in [0.15, 0.2) is 121 Å². The molecule has 2 aliphatic heterocycles. The first kappa shape index (κ1) is 100. The van der Waals surface area contributed by atoms with Crippen molar-refractivity contribution in [2.24, 2.45) is 92.7 Å². The molecule has 22 atom stereocenters. The predicted octanol–water partition coefficient (Wildman–Crippen LogP) is 24.1. The number of rotatable bonds is 24. The van der Waals surface area contributed by atoms with Gasteiger partial charge in [-0.2, -0.15) is 26.3 Å². The van der Waals surface area contributed by atoms with Crippen LogP contribution < -0.4 is 9.97 Å². The Morgan fingerprint density at radius 2 is 0.847 bits per heavy atom. The number of alkyl halides is 6. The van der Waals surface area contributed by atoms with Crippen molar-refractivity contribution in [1.82, 2.24) is 19.9 Å². The zero-order valence-corrected chi connectivity index (χ0v) is 84.4. The standard InChI is InChI=1S/C112H130F6N4O14.Zn/c1-15-75-61(7)99-95(67-31-25-33-69(47-67)103(127)133-73-43-45-107(11)71(49-73)51-89(123)97-81-39-37-79(59(5)35-41-93(125)131-57-65-27-21-19-22-28-65)109(81,13)91(53-83(97)107)135-105(129)111(113,114)115)100-63(9)77(17-3)87(121-100)56-88-78(18-4)64(10)102(122-88)96(101-62(8)76(16-2)86(120-101)55-85(75)119-99)68-32-26-34-70(48-68)104(128)134-74-44-46-108(12)72(50-74)52-90(124)98-82-40-38-80(60(6)36-42-94(126)132-58-66-29-23-20-24-30-66)110(82,14)92(54-84(98)108)136-106(130)112(116,117)118;/h19-34,47-48,55-56,59-60,71-74,79-84,89-92,97-98,123-124H,15-18,35-46,49-54,57-58H2,1-14H3;/q-2;+2/t59-,60-,71+,72+,73-,74-,79-,80-,81+,82+,83+,84+,89-,90-,91+,92+,97+,98+,107+,108+,109-,110-;/m1./s1. The number of aliphatic hydroxyl groups is 2. The second kappa shape index (κ2) is 39.5. The number of aliphatic hydroxyl groups excluding tert-OH is 2. The normalized spacial score (nSPS) is 29.8. The van der Waals surface area contributed by atoms with Gasteiger partial charge in [-0.25, -0.2) is 29.1 Å². The van der Waals surface area contributed by atoms with Crippen LogP contribution in [-0.4, -0.2) is 105 Å². The summed E-state index contributed by atoms with van der Waals surface area (Å²) in [5, 5.41) is 25.2. The van der Waals surface area contributed by atoms with Crippen molar-refractivity contribution in [2.45, 2.75) is 300 Å². The van der Waals surface area contributed by atoms with Crippen LogP contribution >= 0.6 is 0 Å². The van der Waals surface area contributed by atoms with Gasteiger partial charge in [-0.15, -0.1) is 22.1 Å². The first-order chi connectivity index (χ1) is 64.7. The van der Waals surface area contributed by atoms with Crippen LogP contribution in [0.1, 0.15) is 288 Å². The monoisotopic (exact) mass is 1930 g/mol. The number of hydrogen-bond donors (Lipinski definition) is 2. The van der Waals surface area contributed by atoms with E-state index in [1.165, 1.54) is 0 Å². The van der Waals surface area contributed by atoms with Gasteiger partial charge < -0.3 is 48.6 Å². The molecule has 2 N–H and O–H groups in total. The van der Waals surface area contributed by atoms with Crippen LogP contribution in [0.5, 0.6) is 0 Å². The van der Waals surface area contributed by atoms with Crippen molar-refractivity contribution < 1.29 is 113 Å². The number of aromatic nitrogens is 4. The van der Waals surface area contributed by atoms with Gasteiger partial charge in [0.05, 0.1) is 46.1 Å². The average Bonchev–Trinajstić information content (AvgIpc) is 1.65. The zero-order chi connectivity index (χ0) is 96.9. The van der Waals surface area contributed by atoms with Gasteiger partial charge in [0.2, 0.25) is 0 Å². The number of hydrogen-bond acceptors (Lipinski definition) is 16. The van der Waals surface area contributed by atoms with Gasteiger partial charge in [0.15, 0.2) is 0 Å². The number of ether oxygens (including phenoxy) is 6. The van der Waals surface area contributed by atoms with Gasteiger partial charge in [0.25, 0.3) is 0 Å². The van der Waals surface area contributed by atoms with E-state index in [1.54, 1.807) is 12.1 Å². The topological polar surface area (TPSA) is 252 Å². The van der Waals surface area contributed by atoms with Crippen molar-refractivity contribution >= 4 is 80.2 Å². The van der Waals surface area contributed by atoms with Crippen molar-refractivity contribution in [3.63, 3.8) is 0 Å². The van der Waals surface area contributed by atoms with Crippen LogP contribution in [0.3, 0.4) is 0 Å². The fraction of sp³-hybridized carbons (Fsp3) is 0.554. The molecule has 8 bridgehead atoms. The molecule has 0 radical (unpaired) electrons. The molecule has 0 unspecified atom stereocenters. The van der Waals surface area contributed by atoms with Crippen molar-refractivity contribution in [3.8, 4) is 22.3 Å². The number of carbonyl (C=O) groups is 6. The van der Waals surface area contributed by atoms with Crippen LogP contribution in [0.25, 0.3) is 66.6 Å². The van der Waals surface area contributed by atoms with E-state index in [9.17, 15) is 55.7 Å². The van der Waals surface area contributed by atoms with Gasteiger partial charge in [-0.1, -0.05) is 189 Å². The number of halogens is 6. The number of nitrogens with zero attached hydrogens (tertiary/aromatic N) is 4. The number of esters is 6. The molecular formula is C112H130F6N4O14Zn. The number of allylic oxidation sites excluding steroid dienone is 4. The van der Waals surface area contributed by atoms with E-state index >= 15 is 9.59 Å². The quantitative estimate of drug-likeness (QED) is 0.0247. The summed E-state index contributed by atoms with van der Waals surface area (Å²) in [5.74, 6) is -9.23. The Labute approximate surface area is 812 Å². The number of aryl methyl sites for hydroxylation is 4. The summed E-state index contributed by atoms with van der Waals surface area (Å²) < 4.78 is 123. The Balaban J connectivity index is 0.0000136. The van der Waals surface area contributed by atoms with E-state index < -0.39 is 94.5 Å². The molecule has 8 saturated carbocycles. The molecule has 726 valence electrons. The van der Waals surface area contributed by atoms with Crippen LogP contribution in [0, 0.1) is 107 Å². The Morgan fingerprint density at radius 3 is 1.20 bits per heavy atom. The third kappa shape index (κ3) is 18.6. The molecule has 4 aromatic carbocycles. The van der Waals surface area contributed by atoms with Crippen LogP contribution in [-0.2, 0) is 93.1 Å². The fourth-order valence-electron chi connectivity index (χ4n) is 28.6.